The summed E-state index contributed by atoms with van der Waals surface area (Å²) in [7, 11) is 0. The number of likely N-dealkylation sites (N-methyl/N-ethyl adjacent to an activating group) is 1. The van der Waals surface area contributed by atoms with Crippen LogP contribution in [0.1, 0.15) is 70.5 Å². The van der Waals surface area contributed by atoms with E-state index in [2.05, 4.69) is 22.0 Å². The SMILES string of the molecule is CCN1CCN(c2ccc(F)cc2C(C)NC(=O)c2oc3c(c2C)C(=O)CCC3)CC1. The average molecular weight is 428 g/mol. The molecule has 1 unspecified atom stereocenters. The lowest BCUT2D eigenvalue weighted by molar-refractivity contribution is 0.0906. The van der Waals surface area contributed by atoms with Crippen LogP contribution < -0.4 is 10.2 Å². The average Bonchev–Trinajstić information content (AvgIpc) is 3.11. The predicted octanol–water partition coefficient (Wildman–Crippen LogP) is 3.88. The number of amides is 1. The Morgan fingerprint density at radius 1 is 1.23 bits per heavy atom. The molecule has 7 heteroatoms. The van der Waals surface area contributed by atoms with Gasteiger partial charge in [0.05, 0.1) is 11.6 Å². The van der Waals surface area contributed by atoms with Crippen molar-refractivity contribution in [2.75, 3.05) is 37.6 Å². The van der Waals surface area contributed by atoms with Gasteiger partial charge in [0.15, 0.2) is 11.5 Å². The first-order valence-corrected chi connectivity index (χ1v) is 11.1. The minimum atomic E-state index is -0.417. The third-order valence-corrected chi connectivity index (χ3v) is 6.48. The molecule has 2 heterocycles. The van der Waals surface area contributed by atoms with Gasteiger partial charge in [-0.1, -0.05) is 6.92 Å². The smallest absolute Gasteiger partial charge is 0.287 e. The Hall–Kier alpha value is -2.67. The van der Waals surface area contributed by atoms with E-state index < -0.39 is 6.04 Å². The Kier molecular flexibility index (Phi) is 6.14. The molecule has 31 heavy (non-hydrogen) atoms. The number of hydrogen-bond acceptors (Lipinski definition) is 5. The van der Waals surface area contributed by atoms with Crippen molar-refractivity contribution < 1.29 is 18.4 Å². The first kappa shape index (κ1) is 21.6. The maximum atomic E-state index is 14.1. The Bertz CT molecular complexity index is 992. The number of hydrogen-bond donors (Lipinski definition) is 1. The number of benzene rings is 1. The summed E-state index contributed by atoms with van der Waals surface area (Å²) < 4.78 is 19.9. The van der Waals surface area contributed by atoms with Gasteiger partial charge in [0.25, 0.3) is 5.91 Å². The molecule has 0 spiro atoms. The lowest BCUT2D eigenvalue weighted by Crippen LogP contribution is -2.46. The number of ketones is 1. The molecule has 0 bridgehead atoms. The lowest BCUT2D eigenvalue weighted by atomic mass is 9.94. The molecule has 0 saturated carbocycles. The highest BCUT2D eigenvalue weighted by Crippen LogP contribution is 2.31. The second-order valence-electron chi connectivity index (χ2n) is 8.45. The van der Waals surface area contributed by atoms with Crippen molar-refractivity contribution in [2.45, 2.75) is 46.1 Å². The van der Waals surface area contributed by atoms with Crippen molar-refractivity contribution in [3.63, 3.8) is 0 Å². The molecule has 166 valence electrons. The summed E-state index contributed by atoms with van der Waals surface area (Å²) in [6, 6.07) is 4.34. The summed E-state index contributed by atoms with van der Waals surface area (Å²) in [6.45, 7) is 10.4. The molecule has 2 aliphatic rings. The van der Waals surface area contributed by atoms with E-state index in [0.29, 0.717) is 29.7 Å². The van der Waals surface area contributed by atoms with Crippen molar-refractivity contribution >= 4 is 17.4 Å². The molecule has 1 aliphatic carbocycles. The number of carbonyl (C=O) groups excluding carboxylic acids is 2. The monoisotopic (exact) mass is 427 g/mol. The number of anilines is 1. The van der Waals surface area contributed by atoms with Crippen LogP contribution in [-0.2, 0) is 6.42 Å². The van der Waals surface area contributed by atoms with E-state index >= 15 is 0 Å². The first-order valence-electron chi connectivity index (χ1n) is 11.1. The van der Waals surface area contributed by atoms with E-state index in [1.165, 1.54) is 12.1 Å². The summed E-state index contributed by atoms with van der Waals surface area (Å²) in [5.74, 6) is 0.113. The van der Waals surface area contributed by atoms with Gasteiger partial charge in [0, 0.05) is 55.8 Å². The first-order chi connectivity index (χ1) is 14.9. The van der Waals surface area contributed by atoms with Crippen LogP contribution in [0.2, 0.25) is 0 Å². The normalized spacial score (nSPS) is 18.1. The number of nitrogens with one attached hydrogen (secondary N) is 1. The minimum absolute atomic E-state index is 0.0354. The Balaban J connectivity index is 1.55. The summed E-state index contributed by atoms with van der Waals surface area (Å²) >= 11 is 0. The molecule has 6 nitrogen and oxygen atoms in total. The van der Waals surface area contributed by atoms with Crippen LogP contribution in [0.5, 0.6) is 0 Å². The van der Waals surface area contributed by atoms with Gasteiger partial charge in [-0.3, -0.25) is 9.59 Å². The Morgan fingerprint density at radius 3 is 2.65 bits per heavy atom. The molecule has 1 N–H and O–H groups in total. The van der Waals surface area contributed by atoms with E-state index in [0.717, 1.165) is 50.4 Å². The van der Waals surface area contributed by atoms with Crippen molar-refractivity contribution in [3.8, 4) is 0 Å². The van der Waals surface area contributed by atoms with Crippen molar-refractivity contribution in [3.05, 3.63) is 52.2 Å². The number of fused-ring (bicyclic) bond motifs is 1. The van der Waals surface area contributed by atoms with Gasteiger partial charge in [-0.25, -0.2) is 4.39 Å². The van der Waals surface area contributed by atoms with Gasteiger partial charge in [0.2, 0.25) is 0 Å². The van der Waals surface area contributed by atoms with E-state index in [1.54, 1.807) is 13.0 Å². The summed E-state index contributed by atoms with van der Waals surface area (Å²) in [6.07, 6.45) is 1.90. The van der Waals surface area contributed by atoms with E-state index in [9.17, 15) is 14.0 Å². The van der Waals surface area contributed by atoms with Crippen LogP contribution in [0, 0.1) is 12.7 Å². The fourth-order valence-corrected chi connectivity index (χ4v) is 4.67. The van der Waals surface area contributed by atoms with Gasteiger partial charge >= 0.3 is 0 Å². The van der Waals surface area contributed by atoms with Crippen LogP contribution in [0.3, 0.4) is 0 Å². The largest absolute Gasteiger partial charge is 0.455 e. The zero-order valence-corrected chi connectivity index (χ0v) is 18.5. The van der Waals surface area contributed by atoms with Crippen LogP contribution >= 0.6 is 0 Å². The molecule has 0 radical (unpaired) electrons. The number of carbonyl (C=O) groups is 2. The zero-order valence-electron chi connectivity index (χ0n) is 18.5. The van der Waals surface area contributed by atoms with Crippen LogP contribution in [-0.4, -0.2) is 49.3 Å². The number of piperazine rings is 1. The number of Topliss-reactive ketones (excluding diaryl/α,β-unsaturated/α-hetero) is 1. The van der Waals surface area contributed by atoms with Gasteiger partial charge in [-0.2, -0.15) is 0 Å². The maximum absolute atomic E-state index is 14.1. The fraction of sp³-hybridized carbons (Fsp3) is 0.500. The molecule has 1 amide bonds. The minimum Gasteiger partial charge on any atom is -0.455 e. The third kappa shape index (κ3) is 4.24. The van der Waals surface area contributed by atoms with Crippen molar-refractivity contribution in [1.82, 2.24) is 10.2 Å². The molecule has 1 fully saturated rings. The predicted molar refractivity (Wildman–Crippen MR) is 117 cm³/mol. The molecule has 1 saturated heterocycles. The maximum Gasteiger partial charge on any atom is 0.287 e. The number of halogens is 1. The molecule has 4 rings (SSSR count). The van der Waals surface area contributed by atoms with Crippen LogP contribution in [0.25, 0.3) is 0 Å². The van der Waals surface area contributed by atoms with Gasteiger partial charge < -0.3 is 19.5 Å². The second-order valence-corrected chi connectivity index (χ2v) is 8.45. The van der Waals surface area contributed by atoms with Crippen LogP contribution in [0.4, 0.5) is 10.1 Å². The summed E-state index contributed by atoms with van der Waals surface area (Å²) in [5, 5.41) is 2.96. The number of furan rings is 1. The Morgan fingerprint density at radius 2 is 1.97 bits per heavy atom. The van der Waals surface area contributed by atoms with Gasteiger partial charge in [0.1, 0.15) is 11.6 Å². The molecular weight excluding hydrogens is 397 g/mol. The quantitative estimate of drug-likeness (QED) is 0.785. The van der Waals surface area contributed by atoms with E-state index in [-0.39, 0.29) is 23.3 Å². The number of rotatable bonds is 5. The Labute approximate surface area is 182 Å². The third-order valence-electron chi connectivity index (χ3n) is 6.48. The van der Waals surface area contributed by atoms with Crippen molar-refractivity contribution in [2.24, 2.45) is 0 Å². The molecule has 1 aromatic heterocycles. The summed E-state index contributed by atoms with van der Waals surface area (Å²) in [5.41, 5.74) is 2.84. The fourth-order valence-electron chi connectivity index (χ4n) is 4.67. The van der Waals surface area contributed by atoms with Gasteiger partial charge in [-0.05, 0) is 45.0 Å². The standard InChI is InChI=1S/C24H30FN3O3/c1-4-27-10-12-28(13-11-27)19-9-8-17(25)14-18(19)16(3)26-24(30)23-15(2)22-20(29)6-5-7-21(22)31-23/h8-9,14,16H,4-7,10-13H2,1-3H3,(H,26,30). The highest BCUT2D eigenvalue weighted by Gasteiger charge is 2.30. The van der Waals surface area contributed by atoms with Gasteiger partial charge in [-0.15, -0.1) is 0 Å². The highest BCUT2D eigenvalue weighted by atomic mass is 19.1. The van der Waals surface area contributed by atoms with Crippen molar-refractivity contribution in [1.29, 1.82) is 0 Å². The van der Waals surface area contributed by atoms with Crippen LogP contribution in [0.15, 0.2) is 22.6 Å². The number of aryl methyl sites for hydroxylation is 1. The summed E-state index contributed by atoms with van der Waals surface area (Å²) in [4.78, 5) is 29.9. The molecule has 1 aromatic carbocycles. The molecule has 2 aromatic rings. The second kappa shape index (κ2) is 8.83. The lowest BCUT2D eigenvalue weighted by Gasteiger charge is -2.37. The van der Waals surface area contributed by atoms with E-state index in [1.807, 2.05) is 6.92 Å². The highest BCUT2D eigenvalue weighted by molar-refractivity contribution is 6.03. The molecule has 1 aliphatic heterocycles. The molecule has 1 atom stereocenters. The molecular formula is C24H30FN3O3. The van der Waals surface area contributed by atoms with E-state index in [4.69, 9.17) is 4.42 Å². The zero-order chi connectivity index (χ0) is 22.1. The number of nitrogens with zero attached hydrogens (tertiary/aromatic N) is 2. The topological polar surface area (TPSA) is 65.8 Å².